The summed E-state index contributed by atoms with van der Waals surface area (Å²) in [7, 11) is 0. The molecule has 0 bridgehead atoms. The lowest BCUT2D eigenvalue weighted by atomic mass is 9.80. The molecule has 3 heteroatoms. The second kappa shape index (κ2) is 5.91. The lowest BCUT2D eigenvalue weighted by Gasteiger charge is -2.29. The molecule has 0 radical (unpaired) electrons. The van der Waals surface area contributed by atoms with Crippen molar-refractivity contribution < 1.29 is 4.79 Å². The number of fused-ring (bicyclic) bond motifs is 1. The SMILES string of the molecule is O=C1c2ccccc2NC1(Cc1ccc(Br)cc1)c1ccccc1. The molecule has 0 aliphatic carbocycles. The molecule has 0 spiro atoms. The molecule has 0 saturated carbocycles. The van der Waals surface area contributed by atoms with Crippen molar-refractivity contribution in [1.82, 2.24) is 0 Å². The van der Waals surface area contributed by atoms with Gasteiger partial charge in [-0.25, -0.2) is 0 Å². The van der Waals surface area contributed by atoms with E-state index >= 15 is 0 Å². The molecule has 2 nitrogen and oxygen atoms in total. The first-order valence-corrected chi connectivity index (χ1v) is 8.70. The van der Waals surface area contributed by atoms with Gasteiger partial charge in [0.05, 0.1) is 0 Å². The van der Waals surface area contributed by atoms with Crippen molar-refractivity contribution in [2.75, 3.05) is 5.32 Å². The highest BCUT2D eigenvalue weighted by Gasteiger charge is 2.46. The van der Waals surface area contributed by atoms with E-state index in [0.717, 1.165) is 26.9 Å². The lowest BCUT2D eigenvalue weighted by molar-refractivity contribution is 0.0916. The summed E-state index contributed by atoms with van der Waals surface area (Å²) in [6.45, 7) is 0. The number of benzene rings is 3. The Kier molecular flexibility index (Phi) is 3.73. The molecule has 1 aliphatic rings. The summed E-state index contributed by atoms with van der Waals surface area (Å²) in [5.41, 5.74) is 3.03. The van der Waals surface area contributed by atoms with Gasteiger partial charge in [-0.2, -0.15) is 0 Å². The molecule has 3 aromatic rings. The molecule has 0 fully saturated rings. The van der Waals surface area contributed by atoms with E-state index in [2.05, 4.69) is 33.4 Å². The number of halogens is 1. The van der Waals surface area contributed by atoms with Crippen molar-refractivity contribution in [3.05, 3.63) is 100 Å². The summed E-state index contributed by atoms with van der Waals surface area (Å²) in [6, 6.07) is 25.9. The number of carbonyl (C=O) groups excluding carboxylic acids is 1. The number of anilines is 1. The molecule has 118 valence electrons. The minimum Gasteiger partial charge on any atom is -0.368 e. The van der Waals surface area contributed by atoms with Crippen molar-refractivity contribution in [1.29, 1.82) is 0 Å². The van der Waals surface area contributed by atoms with Crippen LogP contribution >= 0.6 is 15.9 Å². The average molecular weight is 378 g/mol. The zero-order valence-electron chi connectivity index (χ0n) is 13.0. The maximum absolute atomic E-state index is 13.3. The highest BCUT2D eigenvalue weighted by atomic mass is 79.9. The number of para-hydroxylation sites is 1. The summed E-state index contributed by atoms with van der Waals surface area (Å²) < 4.78 is 1.04. The van der Waals surface area contributed by atoms with Gasteiger partial charge in [-0.15, -0.1) is 0 Å². The Balaban J connectivity index is 1.83. The van der Waals surface area contributed by atoms with Crippen LogP contribution in [0.25, 0.3) is 0 Å². The Morgan fingerprint density at radius 1 is 0.833 bits per heavy atom. The van der Waals surface area contributed by atoms with Gasteiger partial charge >= 0.3 is 0 Å². The lowest BCUT2D eigenvalue weighted by Crippen LogP contribution is -2.40. The maximum Gasteiger partial charge on any atom is 0.195 e. The highest BCUT2D eigenvalue weighted by molar-refractivity contribution is 9.10. The third-order valence-electron chi connectivity index (χ3n) is 4.56. The van der Waals surface area contributed by atoms with Gasteiger partial charge in [0.2, 0.25) is 0 Å². The van der Waals surface area contributed by atoms with Crippen molar-refractivity contribution in [3.8, 4) is 0 Å². The Hall–Kier alpha value is -2.39. The van der Waals surface area contributed by atoms with Crippen molar-refractivity contribution >= 4 is 27.4 Å². The minimum atomic E-state index is -0.751. The first-order valence-electron chi connectivity index (χ1n) is 7.91. The van der Waals surface area contributed by atoms with Gasteiger partial charge < -0.3 is 5.32 Å². The van der Waals surface area contributed by atoms with Gasteiger partial charge in [0.25, 0.3) is 0 Å². The average Bonchev–Trinajstić information content (AvgIpc) is 2.91. The summed E-state index contributed by atoms with van der Waals surface area (Å²) >= 11 is 3.47. The summed E-state index contributed by atoms with van der Waals surface area (Å²) in [5, 5.41) is 3.52. The van der Waals surface area contributed by atoms with Crippen molar-refractivity contribution in [2.24, 2.45) is 0 Å². The first kappa shape index (κ1) is 15.2. The Morgan fingerprint density at radius 2 is 1.50 bits per heavy atom. The normalized spacial score (nSPS) is 19.0. The van der Waals surface area contributed by atoms with Crippen LogP contribution in [0.1, 0.15) is 21.5 Å². The molecule has 1 atom stereocenters. The number of hydrogen-bond donors (Lipinski definition) is 1. The van der Waals surface area contributed by atoms with Crippen LogP contribution in [0.15, 0.2) is 83.3 Å². The number of Topliss-reactive ketones (excluding diaryl/α,β-unsaturated/α-hetero) is 1. The van der Waals surface area contributed by atoms with Gasteiger partial charge in [-0.1, -0.05) is 70.5 Å². The van der Waals surface area contributed by atoms with Gasteiger partial charge in [0.1, 0.15) is 5.54 Å². The fraction of sp³-hybridized carbons (Fsp3) is 0.0952. The second-order valence-corrected chi connectivity index (χ2v) is 6.99. The highest BCUT2D eigenvalue weighted by Crippen LogP contribution is 2.41. The molecule has 1 unspecified atom stereocenters. The molecule has 1 aliphatic heterocycles. The third-order valence-corrected chi connectivity index (χ3v) is 5.09. The van der Waals surface area contributed by atoms with E-state index in [1.54, 1.807) is 0 Å². The van der Waals surface area contributed by atoms with E-state index in [9.17, 15) is 4.79 Å². The third kappa shape index (κ3) is 2.45. The molecule has 3 aromatic carbocycles. The van der Waals surface area contributed by atoms with E-state index in [4.69, 9.17) is 0 Å². The Labute approximate surface area is 149 Å². The summed E-state index contributed by atoms with van der Waals surface area (Å²) in [5.74, 6) is 0.132. The molecular formula is C21H16BrNO. The number of rotatable bonds is 3. The standard InChI is InChI=1S/C21H16BrNO/c22-17-12-10-15(11-13-17)14-21(16-6-2-1-3-7-16)20(24)18-8-4-5-9-19(18)23-21/h1-13,23H,14H2. The molecule has 0 amide bonds. The van der Waals surface area contributed by atoms with Crippen molar-refractivity contribution in [2.45, 2.75) is 12.0 Å². The van der Waals surface area contributed by atoms with E-state index in [1.165, 1.54) is 0 Å². The molecule has 4 rings (SSSR count). The van der Waals surface area contributed by atoms with Crippen LogP contribution in [0.4, 0.5) is 5.69 Å². The van der Waals surface area contributed by atoms with Crippen LogP contribution in [0.2, 0.25) is 0 Å². The molecule has 24 heavy (non-hydrogen) atoms. The van der Waals surface area contributed by atoms with E-state index in [1.807, 2.05) is 66.7 Å². The number of hydrogen-bond acceptors (Lipinski definition) is 2. The monoisotopic (exact) mass is 377 g/mol. The quantitative estimate of drug-likeness (QED) is 0.679. The van der Waals surface area contributed by atoms with Crippen LogP contribution < -0.4 is 5.32 Å². The smallest absolute Gasteiger partial charge is 0.195 e. The van der Waals surface area contributed by atoms with E-state index in [-0.39, 0.29) is 5.78 Å². The van der Waals surface area contributed by atoms with Gasteiger partial charge in [0.15, 0.2) is 5.78 Å². The van der Waals surface area contributed by atoms with Crippen LogP contribution in [0.3, 0.4) is 0 Å². The van der Waals surface area contributed by atoms with Crippen molar-refractivity contribution in [3.63, 3.8) is 0 Å². The second-order valence-electron chi connectivity index (χ2n) is 6.07. The number of nitrogens with one attached hydrogen (secondary N) is 1. The summed E-state index contributed by atoms with van der Waals surface area (Å²) in [6.07, 6.45) is 0.609. The largest absolute Gasteiger partial charge is 0.368 e. The van der Waals surface area contributed by atoms with E-state index < -0.39 is 5.54 Å². The summed E-state index contributed by atoms with van der Waals surface area (Å²) in [4.78, 5) is 13.3. The predicted molar refractivity (Wildman–Crippen MR) is 100 cm³/mol. The minimum absolute atomic E-state index is 0.132. The molecule has 0 aromatic heterocycles. The fourth-order valence-electron chi connectivity index (χ4n) is 3.37. The zero-order valence-corrected chi connectivity index (χ0v) is 14.6. The van der Waals surface area contributed by atoms with Crippen LogP contribution in [0, 0.1) is 0 Å². The predicted octanol–water partition coefficient (Wildman–Crippen LogP) is 5.20. The zero-order chi connectivity index (χ0) is 16.6. The van der Waals surface area contributed by atoms with Crippen LogP contribution in [-0.4, -0.2) is 5.78 Å². The molecular weight excluding hydrogens is 362 g/mol. The number of ketones is 1. The van der Waals surface area contributed by atoms with E-state index in [0.29, 0.717) is 6.42 Å². The topological polar surface area (TPSA) is 29.1 Å². The Morgan fingerprint density at radius 3 is 2.21 bits per heavy atom. The van der Waals surface area contributed by atoms with Gasteiger partial charge in [0, 0.05) is 22.1 Å². The molecule has 0 saturated heterocycles. The van der Waals surface area contributed by atoms with Gasteiger partial charge in [-0.3, -0.25) is 4.79 Å². The fourth-order valence-corrected chi connectivity index (χ4v) is 3.63. The van der Waals surface area contributed by atoms with Crippen LogP contribution in [0.5, 0.6) is 0 Å². The maximum atomic E-state index is 13.3. The first-order chi connectivity index (χ1) is 11.7. The van der Waals surface area contributed by atoms with Crippen LogP contribution in [-0.2, 0) is 12.0 Å². The molecule has 1 N–H and O–H groups in total. The number of carbonyl (C=O) groups is 1. The Bertz CT molecular complexity index is 889. The van der Waals surface area contributed by atoms with Gasteiger partial charge in [-0.05, 0) is 35.4 Å². The molecule has 1 heterocycles.